The quantitative estimate of drug-likeness (QED) is 0.804. The van der Waals surface area contributed by atoms with E-state index >= 15 is 0 Å². The van der Waals surface area contributed by atoms with Gasteiger partial charge in [-0.3, -0.25) is 0 Å². The zero-order valence-corrected chi connectivity index (χ0v) is 11.3. The van der Waals surface area contributed by atoms with Gasteiger partial charge in [0.1, 0.15) is 24.0 Å². The van der Waals surface area contributed by atoms with Crippen LogP contribution in [0.2, 0.25) is 0 Å². The molecule has 0 amide bonds. The van der Waals surface area contributed by atoms with Crippen molar-refractivity contribution < 1.29 is 13.5 Å². The Hall–Kier alpha value is -1.42. The highest BCUT2D eigenvalue weighted by Crippen LogP contribution is 2.23. The topological polar surface area (TPSA) is 9.23 Å². The summed E-state index contributed by atoms with van der Waals surface area (Å²) in [5.74, 6) is -0.160. The van der Waals surface area contributed by atoms with E-state index < -0.39 is 0 Å². The second-order valence-corrected chi connectivity index (χ2v) is 4.79. The minimum absolute atomic E-state index is 0.255. The predicted octanol–water partition coefficient (Wildman–Crippen LogP) is 4.61. The minimum Gasteiger partial charge on any atom is -0.488 e. The molecule has 0 aliphatic rings. The number of hydrogen-bond donors (Lipinski definition) is 0. The molecule has 2 aromatic rings. The Bertz CT molecular complexity index is 570. The maximum atomic E-state index is 13.1. The van der Waals surface area contributed by atoms with E-state index in [1.807, 2.05) is 6.92 Å². The van der Waals surface area contributed by atoms with E-state index in [9.17, 15) is 8.78 Å². The van der Waals surface area contributed by atoms with Crippen LogP contribution in [0.15, 0.2) is 40.9 Å². The van der Waals surface area contributed by atoms with Gasteiger partial charge < -0.3 is 4.74 Å². The maximum Gasteiger partial charge on any atom is 0.126 e. The molecule has 0 unspecified atom stereocenters. The molecule has 0 spiro atoms. The van der Waals surface area contributed by atoms with Crippen LogP contribution in [-0.2, 0) is 6.61 Å². The summed E-state index contributed by atoms with van der Waals surface area (Å²) in [6, 6.07) is 8.75. The van der Waals surface area contributed by atoms with E-state index in [1.165, 1.54) is 24.3 Å². The number of aryl methyl sites for hydroxylation is 1. The Labute approximate surface area is 113 Å². The molecular weight excluding hydrogens is 302 g/mol. The van der Waals surface area contributed by atoms with Crippen molar-refractivity contribution in [3.63, 3.8) is 0 Å². The summed E-state index contributed by atoms with van der Waals surface area (Å²) in [7, 11) is 0. The molecule has 0 aliphatic carbocycles. The van der Waals surface area contributed by atoms with Crippen LogP contribution in [0.3, 0.4) is 0 Å². The van der Waals surface area contributed by atoms with Crippen molar-refractivity contribution >= 4 is 15.9 Å². The Morgan fingerprint density at radius 2 is 1.72 bits per heavy atom. The van der Waals surface area contributed by atoms with Gasteiger partial charge in [0.15, 0.2) is 0 Å². The van der Waals surface area contributed by atoms with Gasteiger partial charge in [-0.1, -0.05) is 28.1 Å². The monoisotopic (exact) mass is 312 g/mol. The van der Waals surface area contributed by atoms with Crippen molar-refractivity contribution in [2.24, 2.45) is 0 Å². The van der Waals surface area contributed by atoms with E-state index in [0.29, 0.717) is 10.2 Å². The summed E-state index contributed by atoms with van der Waals surface area (Å²) < 4.78 is 32.1. The van der Waals surface area contributed by atoms with Crippen LogP contribution in [0, 0.1) is 18.6 Å². The molecule has 0 heterocycles. The first kappa shape index (κ1) is 13.0. The molecule has 2 rings (SSSR count). The molecule has 2 aromatic carbocycles. The normalized spacial score (nSPS) is 10.4. The highest BCUT2D eigenvalue weighted by atomic mass is 79.9. The summed E-state index contributed by atoms with van der Waals surface area (Å²) in [6.07, 6.45) is 0. The van der Waals surface area contributed by atoms with Crippen molar-refractivity contribution in [1.82, 2.24) is 0 Å². The highest BCUT2D eigenvalue weighted by Gasteiger charge is 2.05. The second kappa shape index (κ2) is 5.48. The van der Waals surface area contributed by atoms with Crippen LogP contribution in [-0.4, -0.2) is 0 Å². The van der Waals surface area contributed by atoms with Gasteiger partial charge in [0.25, 0.3) is 0 Å². The minimum atomic E-state index is -0.339. The van der Waals surface area contributed by atoms with Gasteiger partial charge in [0.2, 0.25) is 0 Å². The number of ether oxygens (including phenoxy) is 1. The maximum absolute atomic E-state index is 13.1. The van der Waals surface area contributed by atoms with Crippen molar-refractivity contribution in [2.45, 2.75) is 13.5 Å². The lowest BCUT2D eigenvalue weighted by Gasteiger charge is -2.10. The van der Waals surface area contributed by atoms with E-state index in [0.717, 1.165) is 11.1 Å². The molecule has 0 radical (unpaired) electrons. The van der Waals surface area contributed by atoms with Gasteiger partial charge in [-0.05, 0) is 30.7 Å². The first-order chi connectivity index (χ1) is 8.56. The lowest BCUT2D eigenvalue weighted by Crippen LogP contribution is -1.98. The van der Waals surface area contributed by atoms with Crippen LogP contribution in [0.25, 0.3) is 0 Å². The summed E-state index contributed by atoms with van der Waals surface area (Å²) >= 11 is 3.26. The summed E-state index contributed by atoms with van der Waals surface area (Å²) in [5.41, 5.74) is 1.66. The molecule has 0 aliphatic heterocycles. The lowest BCUT2D eigenvalue weighted by atomic mass is 10.2. The zero-order valence-electron chi connectivity index (χ0n) is 9.71. The third-order valence-electron chi connectivity index (χ3n) is 2.55. The molecule has 0 aromatic heterocycles. The van der Waals surface area contributed by atoms with Crippen molar-refractivity contribution in [3.8, 4) is 5.75 Å². The molecule has 0 saturated heterocycles. The van der Waals surface area contributed by atoms with Crippen LogP contribution >= 0.6 is 15.9 Å². The molecule has 0 bridgehead atoms. The Balaban J connectivity index is 2.13. The van der Waals surface area contributed by atoms with Crippen LogP contribution in [0.1, 0.15) is 11.1 Å². The molecule has 1 nitrogen and oxygen atoms in total. The standard InChI is InChI=1S/C14H11BrF2O/c1-9-2-4-12(17)7-14(9)18-8-10-3-5-11(16)6-13(10)15/h2-7H,8H2,1H3. The first-order valence-electron chi connectivity index (χ1n) is 5.39. The van der Waals surface area contributed by atoms with Gasteiger partial charge in [0.05, 0.1) is 0 Å². The molecular formula is C14H11BrF2O. The van der Waals surface area contributed by atoms with Crippen LogP contribution in [0.5, 0.6) is 5.75 Å². The SMILES string of the molecule is Cc1ccc(F)cc1OCc1ccc(F)cc1Br. The molecule has 18 heavy (non-hydrogen) atoms. The summed E-state index contributed by atoms with van der Waals surface area (Å²) in [6.45, 7) is 2.10. The van der Waals surface area contributed by atoms with Gasteiger partial charge >= 0.3 is 0 Å². The average molecular weight is 313 g/mol. The van der Waals surface area contributed by atoms with Crippen molar-refractivity contribution in [1.29, 1.82) is 0 Å². The number of halogens is 3. The smallest absolute Gasteiger partial charge is 0.126 e. The van der Waals surface area contributed by atoms with Crippen LogP contribution in [0.4, 0.5) is 8.78 Å². The summed E-state index contributed by atoms with van der Waals surface area (Å²) in [4.78, 5) is 0. The molecule has 0 atom stereocenters. The largest absolute Gasteiger partial charge is 0.488 e. The molecule has 0 fully saturated rings. The molecule has 4 heteroatoms. The third-order valence-corrected chi connectivity index (χ3v) is 3.29. The average Bonchev–Trinajstić information content (AvgIpc) is 2.32. The van der Waals surface area contributed by atoms with Gasteiger partial charge in [0, 0.05) is 16.1 Å². The van der Waals surface area contributed by atoms with E-state index in [2.05, 4.69) is 15.9 Å². The fourth-order valence-electron chi connectivity index (χ4n) is 1.52. The van der Waals surface area contributed by atoms with E-state index in [1.54, 1.807) is 12.1 Å². The summed E-state index contributed by atoms with van der Waals surface area (Å²) in [5, 5.41) is 0. The predicted molar refractivity (Wildman–Crippen MR) is 69.6 cm³/mol. The second-order valence-electron chi connectivity index (χ2n) is 3.93. The third kappa shape index (κ3) is 3.07. The Morgan fingerprint density at radius 1 is 1.06 bits per heavy atom. The van der Waals surface area contributed by atoms with Crippen molar-refractivity contribution in [2.75, 3.05) is 0 Å². The number of hydrogen-bond acceptors (Lipinski definition) is 1. The van der Waals surface area contributed by atoms with E-state index in [-0.39, 0.29) is 18.2 Å². The Kier molecular flexibility index (Phi) is 3.97. The van der Waals surface area contributed by atoms with Gasteiger partial charge in [-0.25, -0.2) is 8.78 Å². The van der Waals surface area contributed by atoms with Crippen molar-refractivity contribution in [3.05, 3.63) is 63.6 Å². The van der Waals surface area contributed by atoms with E-state index in [4.69, 9.17) is 4.74 Å². The van der Waals surface area contributed by atoms with Crippen LogP contribution < -0.4 is 4.74 Å². The number of rotatable bonds is 3. The molecule has 0 saturated carbocycles. The zero-order chi connectivity index (χ0) is 13.1. The highest BCUT2D eigenvalue weighted by molar-refractivity contribution is 9.10. The fraction of sp³-hybridized carbons (Fsp3) is 0.143. The Morgan fingerprint density at radius 3 is 2.44 bits per heavy atom. The molecule has 94 valence electrons. The first-order valence-corrected chi connectivity index (χ1v) is 6.18. The van der Waals surface area contributed by atoms with Gasteiger partial charge in [-0.15, -0.1) is 0 Å². The van der Waals surface area contributed by atoms with Gasteiger partial charge in [-0.2, -0.15) is 0 Å². The molecule has 0 N–H and O–H groups in total. The fourth-order valence-corrected chi connectivity index (χ4v) is 1.99. The number of benzene rings is 2. The lowest BCUT2D eigenvalue weighted by molar-refractivity contribution is 0.301.